The molecule has 3 aromatic carbocycles. The third-order valence-electron chi connectivity index (χ3n) is 4.52. The van der Waals surface area contributed by atoms with Crippen molar-refractivity contribution in [1.82, 2.24) is 20.6 Å². The quantitative estimate of drug-likeness (QED) is 0.444. The van der Waals surface area contributed by atoms with Gasteiger partial charge in [0.15, 0.2) is 5.82 Å². The predicted molar refractivity (Wildman–Crippen MR) is 112 cm³/mol. The molecular formula is C22H19BrN4O. The van der Waals surface area contributed by atoms with Crippen molar-refractivity contribution in [2.24, 2.45) is 0 Å². The molecule has 0 aliphatic rings. The summed E-state index contributed by atoms with van der Waals surface area (Å²) in [7, 11) is 0. The van der Waals surface area contributed by atoms with E-state index in [2.05, 4.69) is 66.9 Å². The van der Waals surface area contributed by atoms with Gasteiger partial charge in [-0.3, -0.25) is 0 Å². The van der Waals surface area contributed by atoms with Gasteiger partial charge >= 0.3 is 0 Å². The minimum atomic E-state index is 0.509. The van der Waals surface area contributed by atoms with Crippen molar-refractivity contribution in [1.29, 1.82) is 0 Å². The fourth-order valence-electron chi connectivity index (χ4n) is 3.01. The van der Waals surface area contributed by atoms with Gasteiger partial charge in [0.2, 0.25) is 0 Å². The highest BCUT2D eigenvalue weighted by atomic mass is 79.9. The number of benzene rings is 3. The standard InChI is InChI=1S/C22H19BrN4O/c23-20-12-13-21(19(14-20)11-6-16-4-2-1-3-5-16)28-15-17-7-9-18(10-8-17)22-24-26-27-25-22/h1-5,7-10,12-14H,6,11,15H2,(H,24,25,26,27). The monoisotopic (exact) mass is 434 g/mol. The number of halogens is 1. The average Bonchev–Trinajstić information content (AvgIpc) is 3.28. The number of tetrazole rings is 1. The number of hydrogen-bond donors (Lipinski definition) is 1. The van der Waals surface area contributed by atoms with Crippen molar-refractivity contribution in [2.45, 2.75) is 19.4 Å². The van der Waals surface area contributed by atoms with Crippen molar-refractivity contribution >= 4 is 15.9 Å². The Kier molecular flexibility index (Phi) is 5.77. The summed E-state index contributed by atoms with van der Waals surface area (Å²) in [6, 6.07) is 24.7. The average molecular weight is 435 g/mol. The van der Waals surface area contributed by atoms with Gasteiger partial charge in [-0.25, -0.2) is 5.10 Å². The van der Waals surface area contributed by atoms with E-state index in [1.165, 1.54) is 11.1 Å². The molecule has 0 saturated heterocycles. The highest BCUT2D eigenvalue weighted by Gasteiger charge is 2.07. The molecule has 1 heterocycles. The molecule has 0 amide bonds. The third kappa shape index (κ3) is 4.64. The summed E-state index contributed by atoms with van der Waals surface area (Å²) < 4.78 is 7.19. The Morgan fingerprint density at radius 1 is 0.857 bits per heavy atom. The molecule has 28 heavy (non-hydrogen) atoms. The number of aromatic nitrogens is 4. The lowest BCUT2D eigenvalue weighted by Crippen LogP contribution is -2.00. The van der Waals surface area contributed by atoms with Gasteiger partial charge in [-0.1, -0.05) is 70.5 Å². The van der Waals surface area contributed by atoms with Gasteiger partial charge in [-0.2, -0.15) is 0 Å². The summed E-state index contributed by atoms with van der Waals surface area (Å²) in [6.07, 6.45) is 1.91. The highest BCUT2D eigenvalue weighted by molar-refractivity contribution is 9.10. The first kappa shape index (κ1) is 18.4. The Labute approximate surface area is 171 Å². The normalized spacial score (nSPS) is 10.8. The predicted octanol–water partition coefficient (Wildman–Crippen LogP) is 4.99. The van der Waals surface area contributed by atoms with Crippen LogP contribution in [0.5, 0.6) is 5.75 Å². The van der Waals surface area contributed by atoms with Gasteiger partial charge < -0.3 is 4.74 Å². The Bertz CT molecular complexity index is 1020. The molecule has 0 unspecified atom stereocenters. The zero-order valence-electron chi connectivity index (χ0n) is 15.2. The van der Waals surface area contributed by atoms with Gasteiger partial charge in [0, 0.05) is 10.0 Å². The van der Waals surface area contributed by atoms with E-state index in [0.717, 1.165) is 34.2 Å². The molecule has 4 aromatic rings. The Hall–Kier alpha value is -2.99. The molecule has 0 fully saturated rings. The number of rotatable bonds is 7. The number of aryl methyl sites for hydroxylation is 2. The van der Waals surface area contributed by atoms with E-state index >= 15 is 0 Å². The lowest BCUT2D eigenvalue weighted by Gasteiger charge is -2.13. The molecule has 140 valence electrons. The van der Waals surface area contributed by atoms with Crippen LogP contribution in [0.2, 0.25) is 0 Å². The molecule has 1 aromatic heterocycles. The molecule has 0 radical (unpaired) electrons. The maximum Gasteiger partial charge on any atom is 0.179 e. The van der Waals surface area contributed by atoms with Crippen LogP contribution in [0.15, 0.2) is 77.3 Å². The molecule has 0 atom stereocenters. The minimum absolute atomic E-state index is 0.509. The molecule has 6 heteroatoms. The first-order chi connectivity index (χ1) is 13.8. The SMILES string of the molecule is Brc1ccc(OCc2ccc(-c3nnn[nH]3)cc2)c(CCc2ccccc2)c1. The molecule has 0 spiro atoms. The Morgan fingerprint density at radius 3 is 2.43 bits per heavy atom. The van der Waals surface area contributed by atoms with Crippen LogP contribution in [-0.4, -0.2) is 20.6 Å². The first-order valence-corrected chi connectivity index (χ1v) is 9.85. The van der Waals surface area contributed by atoms with Crippen molar-refractivity contribution in [3.8, 4) is 17.1 Å². The molecule has 0 aliphatic carbocycles. The van der Waals surface area contributed by atoms with Crippen LogP contribution in [-0.2, 0) is 19.4 Å². The van der Waals surface area contributed by atoms with Crippen LogP contribution in [0.4, 0.5) is 0 Å². The van der Waals surface area contributed by atoms with E-state index in [1.807, 2.05) is 42.5 Å². The Balaban J connectivity index is 1.43. The summed E-state index contributed by atoms with van der Waals surface area (Å²) in [5, 5.41) is 13.9. The topological polar surface area (TPSA) is 63.7 Å². The number of nitrogens with zero attached hydrogens (tertiary/aromatic N) is 3. The molecule has 0 aliphatic heterocycles. The largest absolute Gasteiger partial charge is 0.489 e. The van der Waals surface area contributed by atoms with Crippen LogP contribution in [0.25, 0.3) is 11.4 Å². The molecule has 5 nitrogen and oxygen atoms in total. The molecule has 4 rings (SSSR count). The van der Waals surface area contributed by atoms with Crippen molar-refractivity contribution in [3.63, 3.8) is 0 Å². The fourth-order valence-corrected chi connectivity index (χ4v) is 3.42. The van der Waals surface area contributed by atoms with E-state index < -0.39 is 0 Å². The minimum Gasteiger partial charge on any atom is -0.489 e. The van der Waals surface area contributed by atoms with E-state index in [1.54, 1.807) is 0 Å². The summed E-state index contributed by atoms with van der Waals surface area (Å²) in [4.78, 5) is 0. The summed E-state index contributed by atoms with van der Waals surface area (Å²) in [6.45, 7) is 0.509. The number of ether oxygens (including phenoxy) is 1. The second-order valence-corrected chi connectivity index (χ2v) is 7.39. The molecular weight excluding hydrogens is 416 g/mol. The van der Waals surface area contributed by atoms with E-state index in [0.29, 0.717) is 12.4 Å². The third-order valence-corrected chi connectivity index (χ3v) is 5.01. The number of H-pyrrole nitrogens is 1. The molecule has 0 saturated carbocycles. The van der Waals surface area contributed by atoms with Gasteiger partial charge in [0.25, 0.3) is 0 Å². The smallest absolute Gasteiger partial charge is 0.179 e. The zero-order valence-corrected chi connectivity index (χ0v) is 16.8. The van der Waals surface area contributed by atoms with Crippen LogP contribution >= 0.6 is 15.9 Å². The highest BCUT2D eigenvalue weighted by Crippen LogP contribution is 2.26. The van der Waals surface area contributed by atoms with Gasteiger partial charge in [-0.15, -0.1) is 5.10 Å². The summed E-state index contributed by atoms with van der Waals surface area (Å²) >= 11 is 3.57. The zero-order chi connectivity index (χ0) is 19.2. The first-order valence-electron chi connectivity index (χ1n) is 9.06. The van der Waals surface area contributed by atoms with Crippen LogP contribution in [0.1, 0.15) is 16.7 Å². The second kappa shape index (κ2) is 8.80. The summed E-state index contributed by atoms with van der Waals surface area (Å²) in [5.74, 6) is 1.58. The van der Waals surface area contributed by atoms with Gasteiger partial charge in [0.1, 0.15) is 12.4 Å². The lowest BCUT2D eigenvalue weighted by molar-refractivity contribution is 0.303. The van der Waals surface area contributed by atoms with Gasteiger partial charge in [0.05, 0.1) is 0 Å². The van der Waals surface area contributed by atoms with Crippen LogP contribution < -0.4 is 4.74 Å². The van der Waals surface area contributed by atoms with E-state index in [-0.39, 0.29) is 0 Å². The van der Waals surface area contributed by atoms with Crippen LogP contribution in [0.3, 0.4) is 0 Å². The van der Waals surface area contributed by atoms with E-state index in [4.69, 9.17) is 4.74 Å². The van der Waals surface area contributed by atoms with Crippen molar-refractivity contribution in [2.75, 3.05) is 0 Å². The second-order valence-electron chi connectivity index (χ2n) is 6.47. The van der Waals surface area contributed by atoms with Crippen LogP contribution in [0, 0.1) is 0 Å². The maximum atomic E-state index is 6.13. The molecule has 1 N–H and O–H groups in total. The number of aromatic amines is 1. The van der Waals surface area contributed by atoms with Gasteiger partial charge in [-0.05, 0) is 58.2 Å². The van der Waals surface area contributed by atoms with Crippen molar-refractivity contribution < 1.29 is 4.74 Å². The van der Waals surface area contributed by atoms with Crippen molar-refractivity contribution in [3.05, 3.63) is 94.0 Å². The molecule has 0 bridgehead atoms. The lowest BCUT2D eigenvalue weighted by atomic mass is 10.0. The van der Waals surface area contributed by atoms with E-state index in [9.17, 15) is 0 Å². The summed E-state index contributed by atoms with van der Waals surface area (Å²) in [5.41, 5.74) is 4.56. The number of nitrogens with one attached hydrogen (secondary N) is 1. The maximum absolute atomic E-state index is 6.13. The number of hydrogen-bond acceptors (Lipinski definition) is 4. The fraction of sp³-hybridized carbons (Fsp3) is 0.136. The Morgan fingerprint density at radius 2 is 1.68 bits per heavy atom.